The number of aliphatic hydroxyl groups is 1. The first-order chi connectivity index (χ1) is 9.06. The summed E-state index contributed by atoms with van der Waals surface area (Å²) in [6.07, 6.45) is 1.99. The van der Waals surface area contributed by atoms with E-state index < -0.39 is 12.0 Å². The number of hydrogen-bond donors (Lipinski definition) is 1. The van der Waals surface area contributed by atoms with Gasteiger partial charge < -0.3 is 9.84 Å². The van der Waals surface area contributed by atoms with E-state index in [0.29, 0.717) is 0 Å². The summed E-state index contributed by atoms with van der Waals surface area (Å²) in [5.41, 5.74) is 1.75. The first-order valence-electron chi connectivity index (χ1n) is 6.61. The Morgan fingerprint density at radius 1 is 1.37 bits per heavy atom. The molecule has 3 nitrogen and oxygen atoms in total. The van der Waals surface area contributed by atoms with Crippen LogP contribution in [0.3, 0.4) is 0 Å². The maximum absolute atomic E-state index is 11.9. The molecule has 0 heterocycles. The summed E-state index contributed by atoms with van der Waals surface area (Å²) in [6, 6.07) is 9.51. The summed E-state index contributed by atoms with van der Waals surface area (Å²) in [7, 11) is 0. The summed E-state index contributed by atoms with van der Waals surface area (Å²) < 4.78 is 5.21. The molecule has 0 radical (unpaired) electrons. The van der Waals surface area contributed by atoms with Gasteiger partial charge in [-0.05, 0) is 31.4 Å². The van der Waals surface area contributed by atoms with Crippen LogP contribution in [0.2, 0.25) is 0 Å². The minimum absolute atomic E-state index is 0.243. The zero-order valence-corrected chi connectivity index (χ0v) is 11.8. The van der Waals surface area contributed by atoms with Gasteiger partial charge in [-0.3, -0.25) is 4.79 Å². The molecule has 0 saturated carbocycles. The molecule has 0 aromatic heterocycles. The zero-order chi connectivity index (χ0) is 14.3. The van der Waals surface area contributed by atoms with Crippen molar-refractivity contribution in [2.75, 3.05) is 0 Å². The Morgan fingerprint density at radius 2 is 2.00 bits per heavy atom. The zero-order valence-electron chi connectivity index (χ0n) is 11.8. The standard InChI is InChI=1S/C16H22O3/c1-4-8-12(2)15(17)13(3)16(18)19-11-14-9-6-5-7-10-14/h5-10,13,15,17H,4,11H2,1-3H3/b12-8+/t13-,15+/m1/s1. The third-order valence-corrected chi connectivity index (χ3v) is 3.06. The quantitative estimate of drug-likeness (QED) is 0.633. The molecule has 0 saturated heterocycles. The maximum Gasteiger partial charge on any atom is 0.311 e. The van der Waals surface area contributed by atoms with Crippen molar-refractivity contribution in [2.24, 2.45) is 5.92 Å². The van der Waals surface area contributed by atoms with Crippen LogP contribution in [0.1, 0.15) is 32.8 Å². The van der Waals surface area contributed by atoms with Crippen molar-refractivity contribution in [2.45, 2.75) is 39.9 Å². The fourth-order valence-corrected chi connectivity index (χ4v) is 1.83. The van der Waals surface area contributed by atoms with Crippen molar-refractivity contribution in [1.29, 1.82) is 0 Å². The van der Waals surface area contributed by atoms with Gasteiger partial charge >= 0.3 is 5.97 Å². The van der Waals surface area contributed by atoms with E-state index in [1.807, 2.05) is 50.3 Å². The summed E-state index contributed by atoms with van der Waals surface area (Å²) in [5, 5.41) is 10.0. The Morgan fingerprint density at radius 3 is 2.58 bits per heavy atom. The highest BCUT2D eigenvalue weighted by molar-refractivity contribution is 5.73. The number of ether oxygens (including phenoxy) is 1. The Hall–Kier alpha value is -1.61. The maximum atomic E-state index is 11.9. The number of rotatable bonds is 6. The molecule has 0 aliphatic heterocycles. The van der Waals surface area contributed by atoms with Gasteiger partial charge in [-0.2, -0.15) is 0 Å². The molecule has 0 bridgehead atoms. The first kappa shape index (κ1) is 15.4. The largest absolute Gasteiger partial charge is 0.461 e. The van der Waals surface area contributed by atoms with Crippen LogP contribution in [0.15, 0.2) is 42.0 Å². The lowest BCUT2D eigenvalue weighted by Crippen LogP contribution is -2.28. The molecule has 3 heteroatoms. The van der Waals surface area contributed by atoms with Crippen LogP contribution in [0.5, 0.6) is 0 Å². The smallest absolute Gasteiger partial charge is 0.311 e. The molecule has 0 unspecified atom stereocenters. The summed E-state index contributed by atoms with van der Waals surface area (Å²) >= 11 is 0. The molecule has 0 aliphatic carbocycles. The lowest BCUT2D eigenvalue weighted by Gasteiger charge is -2.18. The first-order valence-corrected chi connectivity index (χ1v) is 6.61. The van der Waals surface area contributed by atoms with E-state index in [1.165, 1.54) is 0 Å². The van der Waals surface area contributed by atoms with Gasteiger partial charge in [0.25, 0.3) is 0 Å². The second-order valence-corrected chi connectivity index (χ2v) is 4.68. The SMILES string of the molecule is CC/C=C(\C)[C@H](O)[C@@H](C)C(=O)OCc1ccccc1. The average Bonchev–Trinajstić information content (AvgIpc) is 2.44. The van der Waals surface area contributed by atoms with Gasteiger partial charge in [0.15, 0.2) is 0 Å². The van der Waals surface area contributed by atoms with Gasteiger partial charge in [0.2, 0.25) is 0 Å². The molecular weight excluding hydrogens is 240 g/mol. The second-order valence-electron chi connectivity index (χ2n) is 4.68. The third-order valence-electron chi connectivity index (χ3n) is 3.06. The van der Waals surface area contributed by atoms with Crippen LogP contribution >= 0.6 is 0 Å². The highest BCUT2D eigenvalue weighted by Crippen LogP contribution is 2.15. The molecule has 0 spiro atoms. The Kier molecular flexibility index (Phi) is 6.30. The lowest BCUT2D eigenvalue weighted by molar-refractivity contribution is -0.152. The summed E-state index contributed by atoms with van der Waals surface area (Å²) in [6.45, 7) is 5.75. The van der Waals surface area contributed by atoms with Crippen LogP contribution in [-0.4, -0.2) is 17.2 Å². The van der Waals surface area contributed by atoms with E-state index in [0.717, 1.165) is 17.6 Å². The number of aliphatic hydroxyl groups excluding tert-OH is 1. The molecule has 0 aliphatic rings. The highest BCUT2D eigenvalue weighted by Gasteiger charge is 2.24. The molecule has 1 rings (SSSR count). The molecule has 2 atom stereocenters. The second kappa shape index (κ2) is 7.74. The third kappa shape index (κ3) is 4.87. The fraction of sp³-hybridized carbons (Fsp3) is 0.438. The Bertz CT molecular complexity index is 423. The molecule has 19 heavy (non-hydrogen) atoms. The van der Waals surface area contributed by atoms with Crippen molar-refractivity contribution in [3.63, 3.8) is 0 Å². The number of hydrogen-bond acceptors (Lipinski definition) is 3. The summed E-state index contributed by atoms with van der Waals surface area (Å²) in [5.74, 6) is -0.924. The van der Waals surface area contributed by atoms with Gasteiger partial charge in [0.1, 0.15) is 6.61 Å². The van der Waals surface area contributed by atoms with Crippen LogP contribution in [-0.2, 0) is 16.1 Å². The van der Waals surface area contributed by atoms with Gasteiger partial charge in [-0.25, -0.2) is 0 Å². The van der Waals surface area contributed by atoms with E-state index in [-0.39, 0.29) is 12.6 Å². The van der Waals surface area contributed by atoms with Gasteiger partial charge in [0.05, 0.1) is 12.0 Å². The molecule has 1 aromatic carbocycles. The van der Waals surface area contributed by atoms with Crippen LogP contribution in [0.25, 0.3) is 0 Å². The molecule has 1 N–H and O–H groups in total. The topological polar surface area (TPSA) is 46.5 Å². The lowest BCUT2D eigenvalue weighted by atomic mass is 9.98. The minimum Gasteiger partial charge on any atom is -0.461 e. The average molecular weight is 262 g/mol. The van der Waals surface area contributed by atoms with Gasteiger partial charge in [-0.15, -0.1) is 0 Å². The summed E-state index contributed by atoms with van der Waals surface area (Å²) in [4.78, 5) is 11.9. The predicted octanol–water partition coefficient (Wildman–Crippen LogP) is 3.08. The number of carbonyl (C=O) groups excluding carboxylic acids is 1. The van der Waals surface area contributed by atoms with E-state index >= 15 is 0 Å². The van der Waals surface area contributed by atoms with Crippen molar-refractivity contribution >= 4 is 5.97 Å². The van der Waals surface area contributed by atoms with Crippen LogP contribution in [0, 0.1) is 5.92 Å². The molecule has 1 aromatic rings. The van der Waals surface area contributed by atoms with E-state index in [9.17, 15) is 9.90 Å². The predicted molar refractivity (Wildman–Crippen MR) is 75.5 cm³/mol. The molecule has 0 amide bonds. The normalized spacial score (nSPS) is 14.8. The van der Waals surface area contributed by atoms with E-state index in [1.54, 1.807) is 6.92 Å². The van der Waals surface area contributed by atoms with Crippen molar-refractivity contribution in [3.8, 4) is 0 Å². The number of esters is 1. The number of carbonyl (C=O) groups is 1. The van der Waals surface area contributed by atoms with E-state index in [4.69, 9.17) is 4.74 Å². The Labute approximate surface area is 114 Å². The van der Waals surface area contributed by atoms with Crippen LogP contribution in [0.4, 0.5) is 0 Å². The van der Waals surface area contributed by atoms with Crippen molar-refractivity contribution in [3.05, 3.63) is 47.5 Å². The van der Waals surface area contributed by atoms with E-state index in [2.05, 4.69) is 0 Å². The van der Waals surface area contributed by atoms with Gasteiger partial charge in [0, 0.05) is 0 Å². The minimum atomic E-state index is -0.775. The highest BCUT2D eigenvalue weighted by atomic mass is 16.5. The van der Waals surface area contributed by atoms with Crippen LogP contribution < -0.4 is 0 Å². The number of benzene rings is 1. The van der Waals surface area contributed by atoms with Crippen molar-refractivity contribution < 1.29 is 14.6 Å². The molecular formula is C16H22O3. The molecule has 0 fully saturated rings. The monoisotopic (exact) mass is 262 g/mol. The number of allylic oxidation sites excluding steroid dienone is 1. The van der Waals surface area contributed by atoms with Crippen molar-refractivity contribution in [1.82, 2.24) is 0 Å². The molecule has 104 valence electrons. The van der Waals surface area contributed by atoms with Gasteiger partial charge in [-0.1, -0.05) is 43.3 Å². The fourth-order valence-electron chi connectivity index (χ4n) is 1.83. The Balaban J connectivity index is 2.51.